The number of rotatable bonds is 6. The average Bonchev–Trinajstić information content (AvgIpc) is 2.81. The van der Waals surface area contributed by atoms with Crippen LogP contribution >= 0.6 is 11.8 Å². The monoisotopic (exact) mass is 173 g/mol. The van der Waals surface area contributed by atoms with Crippen LogP contribution in [0.1, 0.15) is 25.7 Å². The minimum absolute atomic E-state index is 0.787. The maximum atomic E-state index is 3.39. The first kappa shape index (κ1) is 9.40. The molecule has 0 saturated heterocycles. The molecule has 0 aromatic heterocycles. The first-order chi connectivity index (χ1) is 5.36. The van der Waals surface area contributed by atoms with Gasteiger partial charge in [-0.3, -0.25) is 0 Å². The SMILES string of the molecule is CNC(CCSC)CC1CC1. The molecule has 1 aliphatic rings. The predicted molar refractivity (Wildman–Crippen MR) is 53.2 cm³/mol. The smallest absolute Gasteiger partial charge is 0.00745 e. The Morgan fingerprint density at radius 1 is 1.55 bits per heavy atom. The summed E-state index contributed by atoms with van der Waals surface area (Å²) >= 11 is 1.95. The number of nitrogens with one attached hydrogen (secondary N) is 1. The standard InChI is InChI=1S/C9H19NS/c1-10-9(5-6-11-2)7-8-3-4-8/h8-10H,3-7H2,1-2H3. The summed E-state index contributed by atoms with van der Waals surface area (Å²) in [5.74, 6) is 2.37. The van der Waals surface area contributed by atoms with Crippen LogP contribution < -0.4 is 5.32 Å². The average molecular weight is 173 g/mol. The zero-order valence-electron chi connectivity index (χ0n) is 7.60. The molecule has 1 rings (SSSR count). The molecule has 1 unspecified atom stereocenters. The van der Waals surface area contributed by atoms with Crippen LogP contribution in [0.2, 0.25) is 0 Å². The molecular weight excluding hydrogens is 154 g/mol. The molecule has 2 heteroatoms. The van der Waals surface area contributed by atoms with E-state index in [0.29, 0.717) is 0 Å². The van der Waals surface area contributed by atoms with Crippen molar-refractivity contribution in [1.82, 2.24) is 5.32 Å². The third kappa shape index (κ3) is 4.02. The Balaban J connectivity index is 2.02. The summed E-state index contributed by atoms with van der Waals surface area (Å²) in [6, 6.07) is 0.787. The Morgan fingerprint density at radius 2 is 2.27 bits per heavy atom. The molecule has 1 N–H and O–H groups in total. The summed E-state index contributed by atoms with van der Waals surface area (Å²) < 4.78 is 0. The van der Waals surface area contributed by atoms with Gasteiger partial charge in [0.1, 0.15) is 0 Å². The van der Waals surface area contributed by atoms with E-state index in [1.807, 2.05) is 11.8 Å². The fourth-order valence-electron chi connectivity index (χ4n) is 1.40. The Hall–Kier alpha value is 0.310. The van der Waals surface area contributed by atoms with Gasteiger partial charge in [-0.1, -0.05) is 12.8 Å². The molecular formula is C9H19NS. The van der Waals surface area contributed by atoms with Gasteiger partial charge < -0.3 is 5.32 Å². The summed E-state index contributed by atoms with van der Waals surface area (Å²) in [6.45, 7) is 0. The van der Waals surface area contributed by atoms with Gasteiger partial charge in [-0.2, -0.15) is 11.8 Å². The lowest BCUT2D eigenvalue weighted by molar-refractivity contribution is 0.483. The lowest BCUT2D eigenvalue weighted by Gasteiger charge is -2.14. The molecule has 0 aliphatic heterocycles. The van der Waals surface area contributed by atoms with Gasteiger partial charge in [-0.25, -0.2) is 0 Å². The van der Waals surface area contributed by atoms with Gasteiger partial charge in [-0.15, -0.1) is 0 Å². The first-order valence-electron chi connectivity index (χ1n) is 4.53. The molecule has 0 heterocycles. The Kier molecular flexibility index (Phi) is 4.31. The van der Waals surface area contributed by atoms with E-state index < -0.39 is 0 Å². The van der Waals surface area contributed by atoms with Crippen molar-refractivity contribution < 1.29 is 0 Å². The lowest BCUT2D eigenvalue weighted by atomic mass is 10.1. The fraction of sp³-hybridized carbons (Fsp3) is 1.00. The molecule has 0 aromatic rings. The molecule has 1 aliphatic carbocycles. The van der Waals surface area contributed by atoms with Crippen LogP contribution in [-0.4, -0.2) is 25.1 Å². The quantitative estimate of drug-likeness (QED) is 0.660. The second-order valence-corrected chi connectivity index (χ2v) is 4.43. The van der Waals surface area contributed by atoms with Crippen LogP contribution in [0, 0.1) is 5.92 Å². The van der Waals surface area contributed by atoms with Crippen molar-refractivity contribution in [1.29, 1.82) is 0 Å². The van der Waals surface area contributed by atoms with Gasteiger partial charge in [0, 0.05) is 6.04 Å². The zero-order chi connectivity index (χ0) is 8.10. The summed E-state index contributed by atoms with van der Waals surface area (Å²) in [5.41, 5.74) is 0. The molecule has 0 spiro atoms. The second-order valence-electron chi connectivity index (χ2n) is 3.45. The van der Waals surface area contributed by atoms with Gasteiger partial charge in [0.15, 0.2) is 0 Å². The van der Waals surface area contributed by atoms with Gasteiger partial charge in [0.2, 0.25) is 0 Å². The van der Waals surface area contributed by atoms with Crippen LogP contribution in [0.3, 0.4) is 0 Å². The van der Waals surface area contributed by atoms with Crippen molar-refractivity contribution in [3.05, 3.63) is 0 Å². The summed E-state index contributed by atoms with van der Waals surface area (Å²) in [6.07, 6.45) is 7.91. The Morgan fingerprint density at radius 3 is 2.73 bits per heavy atom. The largest absolute Gasteiger partial charge is 0.317 e. The molecule has 0 radical (unpaired) electrons. The number of hydrogen-bond donors (Lipinski definition) is 1. The van der Waals surface area contributed by atoms with Gasteiger partial charge in [0.25, 0.3) is 0 Å². The number of hydrogen-bond acceptors (Lipinski definition) is 2. The topological polar surface area (TPSA) is 12.0 Å². The minimum atomic E-state index is 0.787. The maximum absolute atomic E-state index is 3.39. The number of thioether (sulfide) groups is 1. The van der Waals surface area contributed by atoms with Crippen LogP contribution in [0.15, 0.2) is 0 Å². The normalized spacial score (nSPS) is 20.2. The first-order valence-corrected chi connectivity index (χ1v) is 5.92. The van der Waals surface area contributed by atoms with Crippen molar-refractivity contribution in [2.75, 3.05) is 19.1 Å². The van der Waals surface area contributed by atoms with Gasteiger partial charge in [0.05, 0.1) is 0 Å². The van der Waals surface area contributed by atoms with E-state index in [2.05, 4.69) is 18.6 Å². The molecule has 11 heavy (non-hydrogen) atoms. The molecule has 0 aromatic carbocycles. The van der Waals surface area contributed by atoms with Crippen molar-refractivity contribution in [2.45, 2.75) is 31.7 Å². The van der Waals surface area contributed by atoms with E-state index in [1.165, 1.54) is 31.4 Å². The zero-order valence-corrected chi connectivity index (χ0v) is 8.41. The molecule has 0 amide bonds. The minimum Gasteiger partial charge on any atom is -0.317 e. The van der Waals surface area contributed by atoms with E-state index >= 15 is 0 Å². The fourth-order valence-corrected chi connectivity index (χ4v) is 1.92. The molecule has 0 bridgehead atoms. The highest BCUT2D eigenvalue weighted by molar-refractivity contribution is 7.98. The second kappa shape index (κ2) is 5.04. The van der Waals surface area contributed by atoms with E-state index in [-0.39, 0.29) is 0 Å². The van der Waals surface area contributed by atoms with E-state index in [1.54, 1.807) is 0 Å². The van der Waals surface area contributed by atoms with E-state index in [9.17, 15) is 0 Å². The highest BCUT2D eigenvalue weighted by Gasteiger charge is 2.24. The third-order valence-electron chi connectivity index (χ3n) is 2.39. The molecule has 1 nitrogen and oxygen atoms in total. The van der Waals surface area contributed by atoms with E-state index in [0.717, 1.165) is 12.0 Å². The van der Waals surface area contributed by atoms with Crippen LogP contribution in [-0.2, 0) is 0 Å². The van der Waals surface area contributed by atoms with Crippen LogP contribution in [0.5, 0.6) is 0 Å². The van der Waals surface area contributed by atoms with E-state index in [4.69, 9.17) is 0 Å². The van der Waals surface area contributed by atoms with Crippen molar-refractivity contribution in [3.8, 4) is 0 Å². The third-order valence-corrected chi connectivity index (χ3v) is 3.04. The van der Waals surface area contributed by atoms with Crippen LogP contribution in [0.25, 0.3) is 0 Å². The lowest BCUT2D eigenvalue weighted by Crippen LogP contribution is -2.26. The molecule has 1 saturated carbocycles. The van der Waals surface area contributed by atoms with Crippen LogP contribution in [0.4, 0.5) is 0 Å². The summed E-state index contributed by atoms with van der Waals surface area (Å²) in [7, 11) is 2.09. The molecule has 66 valence electrons. The highest BCUT2D eigenvalue weighted by Crippen LogP contribution is 2.34. The van der Waals surface area contributed by atoms with Crippen molar-refractivity contribution >= 4 is 11.8 Å². The Bertz CT molecular complexity index is 102. The molecule has 1 atom stereocenters. The highest BCUT2D eigenvalue weighted by atomic mass is 32.2. The van der Waals surface area contributed by atoms with Gasteiger partial charge >= 0.3 is 0 Å². The summed E-state index contributed by atoms with van der Waals surface area (Å²) in [4.78, 5) is 0. The van der Waals surface area contributed by atoms with Crippen molar-refractivity contribution in [2.24, 2.45) is 5.92 Å². The predicted octanol–water partition coefficient (Wildman–Crippen LogP) is 2.13. The maximum Gasteiger partial charge on any atom is 0.00745 e. The summed E-state index contributed by atoms with van der Waals surface area (Å²) in [5, 5.41) is 3.39. The van der Waals surface area contributed by atoms with Crippen molar-refractivity contribution in [3.63, 3.8) is 0 Å². The van der Waals surface area contributed by atoms with Gasteiger partial charge in [-0.05, 0) is 37.8 Å². The Labute approximate surface area is 74.3 Å². The molecule has 1 fully saturated rings.